The zero-order chi connectivity index (χ0) is 19.8. The molecule has 8 heteroatoms. The number of sulfonamides is 1. The van der Waals surface area contributed by atoms with Crippen LogP contribution in [0, 0.1) is 17.2 Å². The van der Waals surface area contributed by atoms with Crippen LogP contribution in [-0.4, -0.2) is 31.7 Å². The fourth-order valence-electron chi connectivity index (χ4n) is 4.05. The summed E-state index contributed by atoms with van der Waals surface area (Å²) in [5.74, 6) is 0.313. The van der Waals surface area contributed by atoms with Crippen LogP contribution in [0.5, 0.6) is 0 Å². The normalized spacial score (nSPS) is 24.6. The number of amides is 1. The molecule has 1 aromatic carbocycles. The molecule has 0 unspecified atom stereocenters. The number of aliphatic imine (C=N–C) groups is 1. The highest BCUT2D eigenvalue weighted by Crippen LogP contribution is 2.35. The molecule has 1 aromatic rings. The highest BCUT2D eigenvalue weighted by molar-refractivity contribution is 7.90. The minimum Gasteiger partial charge on any atom is -0.336 e. The molecule has 0 aromatic heterocycles. The maximum absolute atomic E-state index is 12.9. The first-order valence-corrected chi connectivity index (χ1v) is 11.3. The van der Waals surface area contributed by atoms with E-state index in [4.69, 9.17) is 0 Å². The van der Waals surface area contributed by atoms with Crippen LogP contribution in [0.4, 0.5) is 0 Å². The Morgan fingerprint density at radius 3 is 2.68 bits per heavy atom. The van der Waals surface area contributed by atoms with Crippen molar-refractivity contribution in [1.82, 2.24) is 10.0 Å². The summed E-state index contributed by atoms with van der Waals surface area (Å²) < 4.78 is 27.2. The summed E-state index contributed by atoms with van der Waals surface area (Å²) in [6, 6.07) is 8.10. The number of carbonyl (C=O) groups is 1. The number of carbonyl (C=O) groups excluding carboxylic acids is 1. The minimum atomic E-state index is -3.65. The minimum absolute atomic E-state index is 0.182. The molecule has 0 spiro atoms. The molecule has 0 radical (unpaired) electrons. The molecule has 1 heterocycles. The molecule has 28 heavy (non-hydrogen) atoms. The number of nitriles is 1. The van der Waals surface area contributed by atoms with Gasteiger partial charge in [0.2, 0.25) is 5.91 Å². The Balaban J connectivity index is 1.62. The molecule has 0 bridgehead atoms. The third-order valence-electron chi connectivity index (χ3n) is 5.86. The first-order chi connectivity index (χ1) is 13.4. The molecule has 1 atom stereocenters. The van der Waals surface area contributed by atoms with Crippen molar-refractivity contribution >= 4 is 21.8 Å². The van der Waals surface area contributed by atoms with Gasteiger partial charge in [0.15, 0.2) is 0 Å². The number of rotatable bonds is 5. The maximum atomic E-state index is 12.9. The van der Waals surface area contributed by atoms with Gasteiger partial charge in [0.05, 0.1) is 11.0 Å². The van der Waals surface area contributed by atoms with E-state index in [9.17, 15) is 18.5 Å². The Morgan fingerprint density at radius 1 is 1.29 bits per heavy atom. The standard InChI is InChI=1S/C20H24N4O3S/c21-13-20(10-11-20)23-19(25)16(12-14-6-2-1-3-7-14)22-18-15-8-4-5-9-17(15)28(26,27)24-18/h4-5,8-9,14,16H,1-3,6-7,10-12H2,(H,22,24)(H,23,25)/t16-/m0/s1. The first-order valence-electron chi connectivity index (χ1n) is 9.86. The highest BCUT2D eigenvalue weighted by atomic mass is 32.2. The molecule has 3 aliphatic rings. The fourth-order valence-corrected chi connectivity index (χ4v) is 5.29. The second-order valence-corrected chi connectivity index (χ2v) is 9.67. The van der Waals surface area contributed by atoms with Gasteiger partial charge in [-0.15, -0.1) is 0 Å². The molecule has 2 N–H and O–H groups in total. The Morgan fingerprint density at radius 2 is 2.00 bits per heavy atom. The van der Waals surface area contributed by atoms with Gasteiger partial charge in [-0.05, 0) is 37.3 Å². The van der Waals surface area contributed by atoms with Crippen molar-refractivity contribution in [3.8, 4) is 6.07 Å². The number of benzene rings is 1. The van der Waals surface area contributed by atoms with E-state index in [2.05, 4.69) is 21.1 Å². The van der Waals surface area contributed by atoms with E-state index in [1.807, 2.05) is 0 Å². The molecule has 148 valence electrons. The predicted molar refractivity (Wildman–Crippen MR) is 104 cm³/mol. The van der Waals surface area contributed by atoms with E-state index < -0.39 is 21.6 Å². The second kappa shape index (κ2) is 7.21. The Kier molecular flexibility index (Phi) is 4.88. The Labute approximate surface area is 165 Å². The number of hydrogen-bond donors (Lipinski definition) is 2. The highest BCUT2D eigenvalue weighted by Gasteiger charge is 2.46. The summed E-state index contributed by atoms with van der Waals surface area (Å²) in [6.45, 7) is 0. The zero-order valence-corrected chi connectivity index (χ0v) is 16.5. The lowest BCUT2D eigenvalue weighted by Gasteiger charge is -2.25. The van der Waals surface area contributed by atoms with Crippen LogP contribution in [0.3, 0.4) is 0 Å². The summed E-state index contributed by atoms with van der Waals surface area (Å²) in [7, 11) is -3.65. The van der Waals surface area contributed by atoms with Crippen molar-refractivity contribution in [1.29, 1.82) is 5.26 Å². The second-order valence-electron chi connectivity index (χ2n) is 8.02. The number of nitrogens with one attached hydrogen (secondary N) is 2. The zero-order valence-electron chi connectivity index (χ0n) is 15.6. The van der Waals surface area contributed by atoms with Crippen molar-refractivity contribution in [2.24, 2.45) is 10.9 Å². The molecular weight excluding hydrogens is 376 g/mol. The number of hydrogen-bond acceptors (Lipinski definition) is 5. The summed E-state index contributed by atoms with van der Waals surface area (Å²) in [5.41, 5.74) is -0.278. The lowest BCUT2D eigenvalue weighted by atomic mass is 9.84. The summed E-state index contributed by atoms with van der Waals surface area (Å²) in [4.78, 5) is 17.7. The quantitative estimate of drug-likeness (QED) is 0.789. The SMILES string of the molecule is N#CC1(NC(=O)[C@H](CC2CCCCC2)N=C2NS(=O)(=O)c3ccccc32)CC1. The topological polar surface area (TPSA) is 111 Å². The Hall–Kier alpha value is -2.40. The van der Waals surface area contributed by atoms with E-state index in [0.29, 0.717) is 30.7 Å². The van der Waals surface area contributed by atoms with Crippen LogP contribution in [-0.2, 0) is 14.8 Å². The average Bonchev–Trinajstić information content (AvgIpc) is 3.42. The molecule has 4 rings (SSSR count). The molecule has 1 aliphatic heterocycles. The van der Waals surface area contributed by atoms with Crippen LogP contribution < -0.4 is 10.0 Å². The van der Waals surface area contributed by atoms with E-state index in [1.165, 1.54) is 12.5 Å². The lowest BCUT2D eigenvalue weighted by Crippen LogP contribution is -2.43. The van der Waals surface area contributed by atoms with Gasteiger partial charge < -0.3 is 5.32 Å². The van der Waals surface area contributed by atoms with Gasteiger partial charge in [-0.3, -0.25) is 14.5 Å². The third-order valence-corrected chi connectivity index (χ3v) is 7.26. The molecule has 2 fully saturated rings. The van der Waals surface area contributed by atoms with Crippen LogP contribution in [0.25, 0.3) is 0 Å². The smallest absolute Gasteiger partial charge is 0.263 e. The monoisotopic (exact) mass is 400 g/mol. The van der Waals surface area contributed by atoms with Crippen LogP contribution in [0.15, 0.2) is 34.2 Å². The van der Waals surface area contributed by atoms with Crippen LogP contribution in [0.1, 0.15) is 56.9 Å². The van der Waals surface area contributed by atoms with Gasteiger partial charge in [0.25, 0.3) is 10.0 Å². The van der Waals surface area contributed by atoms with Crippen molar-refractivity contribution in [2.45, 2.75) is 67.8 Å². The van der Waals surface area contributed by atoms with Gasteiger partial charge in [-0.1, -0.05) is 44.2 Å². The molecule has 0 saturated heterocycles. The summed E-state index contributed by atoms with van der Waals surface area (Å²) in [6.07, 6.45) is 7.49. The van der Waals surface area contributed by atoms with E-state index in [0.717, 1.165) is 25.7 Å². The van der Waals surface area contributed by atoms with Gasteiger partial charge >= 0.3 is 0 Å². The number of nitrogens with zero attached hydrogens (tertiary/aromatic N) is 2. The van der Waals surface area contributed by atoms with Gasteiger partial charge in [0, 0.05) is 5.56 Å². The van der Waals surface area contributed by atoms with Crippen LogP contribution >= 0.6 is 0 Å². The first kappa shape index (κ1) is 18.9. The largest absolute Gasteiger partial charge is 0.336 e. The van der Waals surface area contributed by atoms with E-state index >= 15 is 0 Å². The maximum Gasteiger partial charge on any atom is 0.263 e. The third kappa shape index (κ3) is 3.76. The molecular formula is C20H24N4O3S. The summed E-state index contributed by atoms with van der Waals surface area (Å²) >= 11 is 0. The predicted octanol–water partition coefficient (Wildman–Crippen LogP) is 2.24. The molecule has 1 amide bonds. The average molecular weight is 401 g/mol. The molecule has 2 saturated carbocycles. The van der Waals surface area contributed by atoms with Crippen LogP contribution in [0.2, 0.25) is 0 Å². The fraction of sp³-hybridized carbons (Fsp3) is 0.550. The molecule has 7 nitrogen and oxygen atoms in total. The summed E-state index contributed by atoms with van der Waals surface area (Å²) in [5, 5.41) is 12.1. The molecule has 2 aliphatic carbocycles. The van der Waals surface area contributed by atoms with E-state index in [1.54, 1.807) is 18.2 Å². The lowest BCUT2D eigenvalue weighted by molar-refractivity contribution is -0.123. The number of amidine groups is 1. The van der Waals surface area contributed by atoms with E-state index in [-0.39, 0.29) is 16.6 Å². The van der Waals surface area contributed by atoms with Crippen molar-refractivity contribution in [3.63, 3.8) is 0 Å². The Bertz CT molecular complexity index is 954. The van der Waals surface area contributed by atoms with Crippen molar-refractivity contribution in [3.05, 3.63) is 29.8 Å². The number of fused-ring (bicyclic) bond motifs is 1. The van der Waals surface area contributed by atoms with Crippen molar-refractivity contribution < 1.29 is 13.2 Å². The van der Waals surface area contributed by atoms with Gasteiger partial charge in [-0.2, -0.15) is 5.26 Å². The van der Waals surface area contributed by atoms with Gasteiger partial charge in [0.1, 0.15) is 17.4 Å². The van der Waals surface area contributed by atoms with Gasteiger partial charge in [-0.25, -0.2) is 8.42 Å². The van der Waals surface area contributed by atoms with Crippen molar-refractivity contribution in [2.75, 3.05) is 0 Å².